The number of carbonyl (C=O) groups excluding carboxylic acids is 1. The number of rotatable bonds is 5. The van der Waals surface area contributed by atoms with E-state index in [-0.39, 0.29) is 23.8 Å². The van der Waals surface area contributed by atoms with Crippen LogP contribution in [0.2, 0.25) is 0 Å². The fraction of sp³-hybridized carbons (Fsp3) is 0.409. The summed E-state index contributed by atoms with van der Waals surface area (Å²) in [7, 11) is -2.28. The van der Waals surface area contributed by atoms with Gasteiger partial charge in [0, 0.05) is 26.1 Å². The molecule has 0 aromatic heterocycles. The van der Waals surface area contributed by atoms with Crippen LogP contribution in [0, 0.1) is 5.82 Å². The molecule has 1 amide bonds. The molecule has 2 aromatic rings. The first kappa shape index (κ1) is 20.8. The number of sulfonamides is 1. The van der Waals surface area contributed by atoms with E-state index in [2.05, 4.69) is 0 Å². The maximum Gasteiger partial charge on any atom is 0.244 e. The lowest BCUT2D eigenvalue weighted by molar-refractivity contribution is -0.133. The average molecular weight is 433 g/mol. The summed E-state index contributed by atoms with van der Waals surface area (Å²) in [5.41, 5.74) is 1.12. The predicted octanol–water partition coefficient (Wildman–Crippen LogP) is 3.48. The Hall–Kier alpha value is -2.45. The van der Waals surface area contributed by atoms with Gasteiger partial charge < -0.3 is 9.64 Å². The molecule has 2 aromatic carbocycles. The van der Waals surface area contributed by atoms with Gasteiger partial charge in [-0.1, -0.05) is 12.1 Å². The zero-order valence-electron chi connectivity index (χ0n) is 16.9. The number of piperidine rings is 1. The minimum atomic E-state index is -3.84. The Bertz CT molecular complexity index is 1030. The summed E-state index contributed by atoms with van der Waals surface area (Å²) in [4.78, 5) is 14.8. The highest BCUT2D eigenvalue weighted by Crippen LogP contribution is 2.43. The van der Waals surface area contributed by atoms with Crippen LogP contribution in [0.3, 0.4) is 0 Å². The summed E-state index contributed by atoms with van der Waals surface area (Å²) in [6, 6.07) is 10.1. The van der Waals surface area contributed by atoms with Crippen molar-refractivity contribution >= 4 is 15.9 Å². The molecule has 30 heavy (non-hydrogen) atoms. The molecule has 4 rings (SSSR count). The van der Waals surface area contributed by atoms with Crippen LogP contribution in [-0.4, -0.2) is 43.7 Å². The number of ether oxygens (including phenoxy) is 1. The largest absolute Gasteiger partial charge is 0.497 e. The molecule has 6 nitrogen and oxygen atoms in total. The van der Waals surface area contributed by atoms with Crippen molar-refractivity contribution in [2.45, 2.75) is 43.2 Å². The first-order valence-electron chi connectivity index (χ1n) is 10.1. The van der Waals surface area contributed by atoms with Crippen molar-refractivity contribution in [1.82, 2.24) is 9.21 Å². The molecule has 2 aliphatic rings. The minimum Gasteiger partial charge on any atom is -0.497 e. The van der Waals surface area contributed by atoms with Gasteiger partial charge in [0.05, 0.1) is 18.0 Å². The van der Waals surface area contributed by atoms with Gasteiger partial charge in [0.15, 0.2) is 0 Å². The highest BCUT2D eigenvalue weighted by molar-refractivity contribution is 7.89. The van der Waals surface area contributed by atoms with Gasteiger partial charge in [0.25, 0.3) is 0 Å². The van der Waals surface area contributed by atoms with Crippen LogP contribution in [0.15, 0.2) is 47.4 Å². The number of likely N-dealkylation sites (tertiary alicyclic amines) is 1. The topological polar surface area (TPSA) is 66.9 Å². The first-order valence-corrected chi connectivity index (χ1v) is 11.6. The van der Waals surface area contributed by atoms with E-state index in [0.717, 1.165) is 30.9 Å². The summed E-state index contributed by atoms with van der Waals surface area (Å²) in [5, 5.41) is 0. The Morgan fingerprint density at radius 1 is 1.10 bits per heavy atom. The molecule has 2 aliphatic heterocycles. The molecule has 160 valence electrons. The number of fused-ring (bicyclic) bond motifs is 1. The molecule has 1 unspecified atom stereocenters. The lowest BCUT2D eigenvalue weighted by atomic mass is 10.0. The van der Waals surface area contributed by atoms with Crippen LogP contribution in [0.1, 0.15) is 42.9 Å². The molecule has 1 atom stereocenters. The van der Waals surface area contributed by atoms with E-state index in [1.165, 1.54) is 16.4 Å². The van der Waals surface area contributed by atoms with Crippen LogP contribution in [0.25, 0.3) is 0 Å². The molecule has 0 radical (unpaired) electrons. The van der Waals surface area contributed by atoms with Crippen LogP contribution < -0.4 is 4.74 Å². The van der Waals surface area contributed by atoms with Gasteiger partial charge in [-0.2, -0.15) is 4.31 Å². The first-order chi connectivity index (χ1) is 14.4. The summed E-state index contributed by atoms with van der Waals surface area (Å²) in [6.07, 6.45) is 3.01. The van der Waals surface area contributed by atoms with Crippen molar-refractivity contribution in [3.63, 3.8) is 0 Å². The van der Waals surface area contributed by atoms with E-state index in [1.54, 1.807) is 36.3 Å². The van der Waals surface area contributed by atoms with Crippen molar-refractivity contribution in [3.8, 4) is 5.75 Å². The number of nitrogens with zero attached hydrogens (tertiary/aromatic N) is 2. The molecule has 0 bridgehead atoms. The number of carbonyl (C=O) groups is 1. The van der Waals surface area contributed by atoms with Crippen LogP contribution in [0.5, 0.6) is 5.75 Å². The third kappa shape index (κ3) is 3.94. The summed E-state index contributed by atoms with van der Waals surface area (Å²) in [6.45, 7) is 1.47. The van der Waals surface area contributed by atoms with E-state index >= 15 is 0 Å². The Morgan fingerprint density at radius 3 is 2.47 bits per heavy atom. The second kappa shape index (κ2) is 8.35. The number of hydrogen-bond acceptors (Lipinski definition) is 4. The smallest absolute Gasteiger partial charge is 0.244 e. The number of amides is 1. The monoisotopic (exact) mass is 432 g/mol. The van der Waals surface area contributed by atoms with Crippen molar-refractivity contribution in [3.05, 3.63) is 59.4 Å². The zero-order chi connectivity index (χ0) is 21.3. The van der Waals surface area contributed by atoms with Crippen molar-refractivity contribution in [2.75, 3.05) is 20.2 Å². The van der Waals surface area contributed by atoms with Crippen LogP contribution >= 0.6 is 0 Å². The molecule has 0 N–H and O–H groups in total. The summed E-state index contributed by atoms with van der Waals surface area (Å²) < 4.78 is 47.0. The average Bonchev–Trinajstić information content (AvgIpc) is 2.95. The molecular weight excluding hydrogens is 407 g/mol. The van der Waals surface area contributed by atoms with E-state index < -0.39 is 21.9 Å². The standard InChI is InChI=1S/C22H25FN2O4S/c1-29-18-8-5-16(6-9-18)15-25-20(14-22(26)24-11-3-2-4-12-24)19-13-17(23)7-10-21(19)30(25,27)28/h5-10,13,20H,2-4,11-12,14-15H2,1H3. The number of benzene rings is 2. The molecule has 0 saturated carbocycles. The number of methoxy groups -OCH3 is 1. The Kier molecular flexibility index (Phi) is 5.79. The van der Waals surface area contributed by atoms with Crippen molar-refractivity contribution < 1.29 is 22.3 Å². The fourth-order valence-corrected chi connectivity index (χ4v) is 6.05. The van der Waals surface area contributed by atoms with E-state index in [1.807, 2.05) is 0 Å². The van der Waals surface area contributed by atoms with Gasteiger partial charge in [-0.25, -0.2) is 12.8 Å². The van der Waals surface area contributed by atoms with Crippen LogP contribution in [0.4, 0.5) is 4.39 Å². The Labute approximate surface area is 176 Å². The van der Waals surface area contributed by atoms with Crippen molar-refractivity contribution in [1.29, 1.82) is 0 Å². The Balaban J connectivity index is 1.66. The second-order valence-electron chi connectivity index (χ2n) is 7.74. The summed E-state index contributed by atoms with van der Waals surface area (Å²) >= 11 is 0. The molecule has 8 heteroatoms. The van der Waals surface area contributed by atoms with Gasteiger partial charge in [-0.15, -0.1) is 0 Å². The SMILES string of the molecule is COc1ccc(CN2C(CC(=O)N3CCCCC3)c3cc(F)ccc3S2(=O)=O)cc1. The van der Waals surface area contributed by atoms with Crippen LogP contribution in [-0.2, 0) is 21.4 Å². The highest BCUT2D eigenvalue weighted by Gasteiger charge is 2.44. The minimum absolute atomic E-state index is 0.00579. The summed E-state index contributed by atoms with van der Waals surface area (Å²) in [5.74, 6) is 0.0719. The molecule has 1 fully saturated rings. The number of hydrogen-bond donors (Lipinski definition) is 0. The predicted molar refractivity (Wildman–Crippen MR) is 110 cm³/mol. The van der Waals surface area contributed by atoms with Gasteiger partial charge in [0.1, 0.15) is 11.6 Å². The van der Waals surface area contributed by atoms with Gasteiger partial charge in [0.2, 0.25) is 15.9 Å². The van der Waals surface area contributed by atoms with E-state index in [0.29, 0.717) is 24.4 Å². The molecule has 0 aliphatic carbocycles. The Morgan fingerprint density at radius 2 is 1.80 bits per heavy atom. The van der Waals surface area contributed by atoms with E-state index in [4.69, 9.17) is 4.74 Å². The highest BCUT2D eigenvalue weighted by atomic mass is 32.2. The van der Waals surface area contributed by atoms with Gasteiger partial charge in [-0.3, -0.25) is 4.79 Å². The quantitative estimate of drug-likeness (QED) is 0.726. The van der Waals surface area contributed by atoms with Crippen molar-refractivity contribution in [2.24, 2.45) is 0 Å². The third-order valence-electron chi connectivity index (χ3n) is 5.84. The number of halogens is 1. The molecular formula is C22H25FN2O4S. The van der Waals surface area contributed by atoms with E-state index in [9.17, 15) is 17.6 Å². The van der Waals surface area contributed by atoms with Gasteiger partial charge in [-0.05, 0) is 60.7 Å². The lowest BCUT2D eigenvalue weighted by Crippen LogP contribution is -2.38. The maximum atomic E-state index is 14.0. The molecule has 2 heterocycles. The zero-order valence-corrected chi connectivity index (χ0v) is 17.7. The molecule has 0 spiro atoms. The third-order valence-corrected chi connectivity index (χ3v) is 7.77. The van der Waals surface area contributed by atoms with Gasteiger partial charge >= 0.3 is 0 Å². The fourth-order valence-electron chi connectivity index (χ4n) is 4.22. The maximum absolute atomic E-state index is 14.0. The lowest BCUT2D eigenvalue weighted by Gasteiger charge is -2.30. The normalized spacial score (nSPS) is 20.7. The second-order valence-corrected chi connectivity index (χ2v) is 9.60. The molecule has 1 saturated heterocycles.